The molecule has 0 unspecified atom stereocenters. The van der Waals surface area contributed by atoms with Crippen molar-refractivity contribution >= 4 is 27.5 Å². The summed E-state index contributed by atoms with van der Waals surface area (Å²) in [6.07, 6.45) is 3.78. The van der Waals surface area contributed by atoms with Crippen molar-refractivity contribution in [3.63, 3.8) is 0 Å². The minimum absolute atomic E-state index is 0. The van der Waals surface area contributed by atoms with Crippen LogP contribution < -0.4 is 0 Å². The zero-order chi connectivity index (χ0) is 23.2. The molecule has 33 heavy (non-hydrogen) atoms. The van der Waals surface area contributed by atoms with Gasteiger partial charge in [-0.2, -0.15) is 0 Å². The maximum atomic E-state index is 10.1. The summed E-state index contributed by atoms with van der Waals surface area (Å²) in [5, 5.41) is 20.5. The van der Waals surface area contributed by atoms with E-state index in [-0.39, 0.29) is 31.3 Å². The van der Waals surface area contributed by atoms with E-state index in [1.807, 2.05) is 24.5 Å². The Kier molecular flexibility index (Phi) is 6.73. The van der Waals surface area contributed by atoms with E-state index in [4.69, 9.17) is 20.2 Å². The molecule has 5 nitrogen and oxygen atoms in total. The van der Waals surface area contributed by atoms with Gasteiger partial charge >= 0.3 is 0 Å². The standard InChI is InChI=1S/C22H17N2.C5H8O3.Ir/c1-13-11-15-8-10-24-21-16-7-6-14-5-4-9-23-20(14)19(16)22(2,3)17(12-13)18(15)21;1-3(6)5(8)4(2)7;/h4-6,8-12H,1-3H3;6,8H,1-2H3;/q-1;;/b;5-3+;. The number of pyridine rings is 2. The second-order valence-corrected chi connectivity index (χ2v) is 8.67. The number of hydrogen-bond acceptors (Lipinski definition) is 5. The van der Waals surface area contributed by atoms with E-state index < -0.39 is 11.5 Å². The van der Waals surface area contributed by atoms with E-state index in [2.05, 4.69) is 51.1 Å². The van der Waals surface area contributed by atoms with Crippen LogP contribution >= 0.6 is 0 Å². The van der Waals surface area contributed by atoms with Crippen molar-refractivity contribution in [2.75, 3.05) is 0 Å². The Morgan fingerprint density at radius 1 is 1.03 bits per heavy atom. The van der Waals surface area contributed by atoms with Gasteiger partial charge in [0.15, 0.2) is 11.5 Å². The normalized spacial score (nSPS) is 13.8. The Morgan fingerprint density at radius 3 is 2.39 bits per heavy atom. The largest absolute Gasteiger partial charge is 0.509 e. The number of Topliss-reactive ketones (excluding diaryl/α,β-unsaturated/α-hetero) is 1. The second-order valence-electron chi connectivity index (χ2n) is 8.67. The second kappa shape index (κ2) is 9.05. The summed E-state index contributed by atoms with van der Waals surface area (Å²) in [5.41, 5.74) is 6.89. The third-order valence-corrected chi connectivity index (χ3v) is 5.92. The number of fused-ring (bicyclic) bond motifs is 4. The molecule has 0 atom stereocenters. The van der Waals surface area contributed by atoms with E-state index in [9.17, 15) is 4.79 Å². The molecule has 2 aromatic heterocycles. The maximum Gasteiger partial charge on any atom is 0.197 e. The molecule has 2 N–H and O–H groups in total. The van der Waals surface area contributed by atoms with Gasteiger partial charge in [0.1, 0.15) is 5.76 Å². The van der Waals surface area contributed by atoms with Crippen molar-refractivity contribution in [1.29, 1.82) is 0 Å². The summed E-state index contributed by atoms with van der Waals surface area (Å²) in [6.45, 7) is 9.16. The van der Waals surface area contributed by atoms with Gasteiger partial charge in [-0.15, -0.1) is 17.7 Å². The molecule has 0 aliphatic heterocycles. The van der Waals surface area contributed by atoms with Crippen molar-refractivity contribution in [1.82, 2.24) is 9.97 Å². The SMILES string of the molecule is CC(=O)/C(O)=C(/C)O.Cc1cc2c3c(nccc3c1)-c1[c-]cc3cccnc3c1C2(C)C.[Ir]. The van der Waals surface area contributed by atoms with Crippen molar-refractivity contribution in [2.45, 2.75) is 40.0 Å². The number of carbonyl (C=O) groups excluding carboxylic acids is 1. The summed E-state index contributed by atoms with van der Waals surface area (Å²) < 4.78 is 0. The first-order chi connectivity index (χ1) is 15.1. The third-order valence-electron chi connectivity index (χ3n) is 5.92. The summed E-state index contributed by atoms with van der Waals surface area (Å²) in [4.78, 5) is 19.5. The zero-order valence-corrected chi connectivity index (χ0v) is 21.5. The average Bonchev–Trinajstić information content (AvgIpc) is 2.76. The molecule has 1 radical (unpaired) electrons. The van der Waals surface area contributed by atoms with E-state index in [0.29, 0.717) is 0 Å². The van der Waals surface area contributed by atoms with Crippen LogP contribution in [0.15, 0.2) is 60.3 Å². The van der Waals surface area contributed by atoms with E-state index >= 15 is 0 Å². The van der Waals surface area contributed by atoms with Gasteiger partial charge in [0.05, 0.1) is 0 Å². The topological polar surface area (TPSA) is 83.3 Å². The Hall–Kier alpha value is -3.08. The van der Waals surface area contributed by atoms with Gasteiger partial charge in [-0.05, 0) is 52.9 Å². The molecule has 0 fully saturated rings. The molecule has 6 heteroatoms. The monoisotopic (exact) mass is 618 g/mol. The Morgan fingerprint density at radius 2 is 1.76 bits per heavy atom. The number of benzene rings is 2. The van der Waals surface area contributed by atoms with E-state index in [0.717, 1.165) is 22.2 Å². The molecule has 0 saturated carbocycles. The fraction of sp³-hybridized carbons (Fsp3) is 0.222. The number of aliphatic hydroxyl groups excluding tert-OH is 2. The van der Waals surface area contributed by atoms with Gasteiger partial charge in [0.25, 0.3) is 0 Å². The van der Waals surface area contributed by atoms with Crippen molar-refractivity contribution in [3.05, 3.63) is 83.1 Å². The van der Waals surface area contributed by atoms with Crippen LogP contribution in [0.1, 0.15) is 44.4 Å². The molecule has 171 valence electrons. The summed E-state index contributed by atoms with van der Waals surface area (Å²) in [6, 6.07) is 16.3. The molecule has 0 saturated heterocycles. The molecular weight excluding hydrogens is 593 g/mol. The molecular formula is C27H25IrN2O3-. The molecule has 2 heterocycles. The third kappa shape index (κ3) is 4.17. The van der Waals surface area contributed by atoms with Crippen LogP contribution in [0.25, 0.3) is 32.9 Å². The van der Waals surface area contributed by atoms with Gasteiger partial charge in [-0.3, -0.25) is 9.78 Å². The van der Waals surface area contributed by atoms with Crippen LogP contribution in [-0.4, -0.2) is 26.0 Å². The molecule has 1 aliphatic carbocycles. The maximum absolute atomic E-state index is 10.1. The predicted octanol–water partition coefficient (Wildman–Crippen LogP) is 6.12. The number of rotatable bonds is 1. The summed E-state index contributed by atoms with van der Waals surface area (Å²) >= 11 is 0. The molecule has 4 aromatic rings. The van der Waals surface area contributed by atoms with Crippen molar-refractivity contribution < 1.29 is 35.1 Å². The van der Waals surface area contributed by atoms with Crippen molar-refractivity contribution in [2.24, 2.45) is 0 Å². The molecule has 0 bridgehead atoms. The van der Waals surface area contributed by atoms with Crippen LogP contribution in [0.4, 0.5) is 0 Å². The predicted molar refractivity (Wildman–Crippen MR) is 127 cm³/mol. The number of nitrogens with zero attached hydrogens (tertiary/aromatic N) is 2. The van der Waals surface area contributed by atoms with E-state index in [1.54, 1.807) is 0 Å². The Bertz CT molecular complexity index is 1420. The molecule has 0 spiro atoms. The quantitative estimate of drug-likeness (QED) is 0.153. The van der Waals surface area contributed by atoms with Gasteiger partial charge in [-0.25, -0.2) is 0 Å². The van der Waals surface area contributed by atoms with Crippen LogP contribution in [0.2, 0.25) is 0 Å². The van der Waals surface area contributed by atoms with Gasteiger partial charge in [-0.1, -0.05) is 54.6 Å². The van der Waals surface area contributed by atoms with Gasteiger partial charge in [0.2, 0.25) is 0 Å². The van der Waals surface area contributed by atoms with Crippen LogP contribution in [0, 0.1) is 13.0 Å². The number of aliphatic hydroxyl groups is 2. The Labute approximate surface area is 206 Å². The smallest absolute Gasteiger partial charge is 0.197 e. The molecule has 2 aromatic carbocycles. The number of carbonyl (C=O) groups is 1. The number of ketones is 1. The molecule has 0 amide bonds. The number of hydrogen-bond donors (Lipinski definition) is 2. The first-order valence-corrected chi connectivity index (χ1v) is 10.4. The van der Waals surface area contributed by atoms with Crippen LogP contribution in [0.3, 0.4) is 0 Å². The fourth-order valence-electron chi connectivity index (χ4n) is 4.42. The first-order valence-electron chi connectivity index (χ1n) is 10.4. The summed E-state index contributed by atoms with van der Waals surface area (Å²) in [7, 11) is 0. The van der Waals surface area contributed by atoms with Gasteiger partial charge in [0, 0.05) is 39.4 Å². The van der Waals surface area contributed by atoms with Gasteiger partial charge < -0.3 is 15.2 Å². The van der Waals surface area contributed by atoms with Crippen molar-refractivity contribution in [3.8, 4) is 11.3 Å². The summed E-state index contributed by atoms with van der Waals surface area (Å²) in [5.74, 6) is -1.42. The Balaban J connectivity index is 0.000000297. The molecule has 1 aliphatic rings. The zero-order valence-electron chi connectivity index (χ0n) is 19.1. The minimum Gasteiger partial charge on any atom is -0.509 e. The minimum atomic E-state index is -0.565. The molecule has 5 rings (SSSR count). The van der Waals surface area contributed by atoms with Crippen LogP contribution in [0.5, 0.6) is 0 Å². The average molecular weight is 618 g/mol. The number of aromatic nitrogens is 2. The van der Waals surface area contributed by atoms with Crippen LogP contribution in [-0.2, 0) is 30.3 Å². The first kappa shape index (κ1) is 24.6. The number of aryl methyl sites for hydroxylation is 1. The van der Waals surface area contributed by atoms with E-state index in [1.165, 1.54) is 41.3 Å². The fourth-order valence-corrected chi connectivity index (χ4v) is 4.42. The number of allylic oxidation sites excluding steroid dienone is 2.